The molecule has 60 heavy (non-hydrogen) atoms. The Hall–Kier alpha value is -4.33. The number of carbonyl (C=O) groups is 3. The van der Waals surface area contributed by atoms with Gasteiger partial charge in [0.15, 0.2) is 17.3 Å². The van der Waals surface area contributed by atoms with Crippen molar-refractivity contribution in [1.29, 1.82) is 0 Å². The Balaban J connectivity index is 1.91. The van der Waals surface area contributed by atoms with Gasteiger partial charge in [-0.25, -0.2) is 4.79 Å². The third-order valence-corrected chi connectivity index (χ3v) is 13.3. The number of fused-ring (bicyclic) bond motifs is 2. The number of ketones is 2. The first-order chi connectivity index (χ1) is 27.9. The van der Waals surface area contributed by atoms with Gasteiger partial charge < -0.3 is 10.0 Å². The summed E-state index contributed by atoms with van der Waals surface area (Å²) in [4.78, 5) is 41.3. The molecule has 4 rings (SSSR count). The van der Waals surface area contributed by atoms with Crippen LogP contribution in [0.15, 0.2) is 66.4 Å². The van der Waals surface area contributed by atoms with E-state index >= 15 is 0 Å². The molecule has 328 valence electrons. The highest BCUT2D eigenvalue weighted by atomic mass is 32.2. The fourth-order valence-electron chi connectivity index (χ4n) is 8.37. The number of hydrogen-bond acceptors (Lipinski definition) is 10. The summed E-state index contributed by atoms with van der Waals surface area (Å²) < 4.78 is 101. The molecule has 0 spiro atoms. The molecule has 0 aromatic heterocycles. The van der Waals surface area contributed by atoms with Crippen molar-refractivity contribution in [2.24, 2.45) is 0 Å². The zero-order valence-electron chi connectivity index (χ0n) is 34.5. The summed E-state index contributed by atoms with van der Waals surface area (Å²) in [7, 11) is -13.0. The topological polar surface area (TPSA) is 241 Å². The summed E-state index contributed by atoms with van der Waals surface area (Å²) in [5, 5.41) is 10.0. The van der Waals surface area contributed by atoms with Gasteiger partial charge in [0.25, 0.3) is 30.4 Å². The van der Waals surface area contributed by atoms with Crippen LogP contribution in [0.2, 0.25) is 0 Å². The minimum absolute atomic E-state index is 0.0216. The average Bonchev–Trinajstić information content (AvgIpc) is 3.49. The van der Waals surface area contributed by atoms with Crippen LogP contribution in [0.5, 0.6) is 0 Å². The first-order valence-corrected chi connectivity index (χ1v) is 24.6. The number of benzene rings is 2. The van der Waals surface area contributed by atoms with Crippen LogP contribution in [0.3, 0.4) is 0 Å². The molecule has 2 aliphatic rings. The van der Waals surface area contributed by atoms with Gasteiger partial charge in [-0.3, -0.25) is 23.2 Å². The molecule has 0 saturated carbocycles. The van der Waals surface area contributed by atoms with E-state index in [1.165, 1.54) is 6.07 Å². The molecule has 1 unspecified atom stereocenters. The van der Waals surface area contributed by atoms with E-state index in [9.17, 15) is 58.4 Å². The summed E-state index contributed by atoms with van der Waals surface area (Å²) in [5.74, 6) is -3.22. The lowest BCUT2D eigenvalue weighted by molar-refractivity contribution is -0.437. The van der Waals surface area contributed by atoms with E-state index in [0.29, 0.717) is 52.3 Å². The van der Waals surface area contributed by atoms with Crippen LogP contribution in [0.25, 0.3) is 0 Å². The highest BCUT2D eigenvalue weighted by Gasteiger charge is 2.48. The maximum absolute atomic E-state index is 13.9. The van der Waals surface area contributed by atoms with E-state index < -0.39 is 64.4 Å². The van der Waals surface area contributed by atoms with Gasteiger partial charge >= 0.3 is 5.97 Å². The molecule has 2 aromatic rings. The van der Waals surface area contributed by atoms with E-state index in [1.807, 2.05) is 39.2 Å². The first-order valence-electron chi connectivity index (χ1n) is 19.8. The number of Topliss-reactive ketones (excluding diaryl/α,β-unsaturated/α-hetero) is 2. The maximum atomic E-state index is 13.9. The molecule has 0 fully saturated rings. The number of carboxylic acids is 1. The fourth-order valence-corrected chi connectivity index (χ4v) is 9.86. The molecule has 18 heteroatoms. The Morgan fingerprint density at radius 1 is 0.750 bits per heavy atom. The van der Waals surface area contributed by atoms with Gasteiger partial charge in [-0.15, -0.1) is 0 Å². The second-order valence-electron chi connectivity index (χ2n) is 15.9. The lowest BCUT2D eigenvalue weighted by Crippen LogP contribution is -2.31. The van der Waals surface area contributed by atoms with Crippen LogP contribution in [0.4, 0.5) is 11.4 Å². The maximum Gasteiger partial charge on any atom is 0.336 e. The van der Waals surface area contributed by atoms with Gasteiger partial charge in [-0.05, 0) is 82.7 Å². The number of nitrogens with zero attached hydrogens (tertiary/aromatic N) is 2. The number of carbonyl (C=O) groups excluding carboxylic acids is 2. The van der Waals surface area contributed by atoms with Crippen LogP contribution < -0.4 is 4.90 Å². The highest BCUT2D eigenvalue weighted by molar-refractivity contribution is 7.86. The lowest BCUT2D eigenvalue weighted by atomic mass is 9.74. The largest absolute Gasteiger partial charge is 0.478 e. The van der Waals surface area contributed by atoms with Crippen molar-refractivity contribution in [2.75, 3.05) is 35.2 Å². The molecule has 1 atom stereocenters. The molecule has 2 aromatic carbocycles. The third-order valence-electron chi connectivity index (χ3n) is 10.9. The average molecular weight is 892 g/mol. The number of hydrogen-bond donors (Lipinski definition) is 4. The Bertz CT molecular complexity index is 2480. The van der Waals surface area contributed by atoms with Crippen LogP contribution in [0.1, 0.15) is 128 Å². The summed E-state index contributed by atoms with van der Waals surface area (Å²) in [6, 6.07) is 8.08. The molecule has 0 amide bonds. The number of anilines is 1. The van der Waals surface area contributed by atoms with Crippen molar-refractivity contribution in [1.82, 2.24) is 0 Å². The Morgan fingerprint density at radius 2 is 1.35 bits per heavy atom. The predicted molar refractivity (Wildman–Crippen MR) is 230 cm³/mol. The molecular weight excluding hydrogens is 837 g/mol. The number of aromatic carboxylic acids is 1. The van der Waals surface area contributed by atoms with Gasteiger partial charge in [0.1, 0.15) is 6.54 Å². The second-order valence-corrected chi connectivity index (χ2v) is 20.6. The van der Waals surface area contributed by atoms with Crippen molar-refractivity contribution in [3.05, 3.63) is 94.2 Å². The minimum atomic E-state index is -4.37. The number of allylic oxidation sites excluding steroid dienone is 6. The summed E-state index contributed by atoms with van der Waals surface area (Å²) in [6.07, 6.45) is 10.1. The van der Waals surface area contributed by atoms with Gasteiger partial charge in [0.2, 0.25) is 5.69 Å². The zero-order chi connectivity index (χ0) is 44.8. The van der Waals surface area contributed by atoms with Gasteiger partial charge in [0, 0.05) is 65.9 Å². The van der Waals surface area contributed by atoms with Crippen LogP contribution >= 0.6 is 0 Å². The van der Waals surface area contributed by atoms with Crippen molar-refractivity contribution >= 4 is 65.0 Å². The highest BCUT2D eigenvalue weighted by Crippen LogP contribution is 2.53. The van der Waals surface area contributed by atoms with Crippen molar-refractivity contribution in [2.45, 2.75) is 96.8 Å². The quantitative estimate of drug-likeness (QED) is 0.0415. The smallest absolute Gasteiger partial charge is 0.336 e. The number of carboxylic acid groups (broad SMARTS) is 1. The van der Waals surface area contributed by atoms with E-state index in [-0.39, 0.29) is 74.3 Å². The standard InChI is InChI=1S/C42H54N2O13S3/c1-6-15-34(45)29-27-31(35(46)16-7-2)39-33(28-29)44(23-14-26-60(55,56)57)37(42(39,5)21-12-24-58(49,50)51)20-10-8-9-19-36-41(3,4)38-30(40(47)48)17-11-18-32(38)43(36)22-13-25-59(52,53)54/h8-11,17-20,27-28H,6-7,12-16,21-26H2,1-5H3,(H3-,47,48,49,50,51,52,53,54,55,56,57)/p+1. The molecule has 0 aliphatic carbocycles. The molecular formula is C42H55N2O13S3+. The normalized spacial score (nSPS) is 18.5. The lowest BCUT2D eigenvalue weighted by Gasteiger charge is -2.31. The van der Waals surface area contributed by atoms with Gasteiger partial charge in [0.05, 0.1) is 33.8 Å². The number of rotatable bonds is 22. The predicted octanol–water partition coefficient (Wildman–Crippen LogP) is 6.72. The zero-order valence-corrected chi connectivity index (χ0v) is 37.0. The summed E-state index contributed by atoms with van der Waals surface area (Å²) >= 11 is 0. The van der Waals surface area contributed by atoms with E-state index in [0.717, 1.165) is 0 Å². The molecule has 2 heterocycles. The minimum Gasteiger partial charge on any atom is -0.478 e. The van der Waals surface area contributed by atoms with E-state index in [1.54, 1.807) is 59.5 Å². The molecule has 4 N–H and O–H groups in total. The molecule has 2 aliphatic heterocycles. The van der Waals surface area contributed by atoms with Crippen molar-refractivity contribution in [3.63, 3.8) is 0 Å². The van der Waals surface area contributed by atoms with E-state index in [2.05, 4.69) is 0 Å². The van der Waals surface area contributed by atoms with Crippen molar-refractivity contribution < 1.29 is 63.0 Å². The molecule has 0 saturated heterocycles. The second kappa shape index (κ2) is 19.2. The Morgan fingerprint density at radius 3 is 1.95 bits per heavy atom. The summed E-state index contributed by atoms with van der Waals surface area (Å²) in [6.45, 7) is 9.38. The summed E-state index contributed by atoms with van der Waals surface area (Å²) in [5.41, 5.74) is 2.00. The van der Waals surface area contributed by atoms with Gasteiger partial charge in [-0.1, -0.05) is 38.1 Å². The SMILES string of the molecule is CCCC(=O)c1cc(C(=O)CCC)c2c(c1)N(CCCS(=O)(=O)O)C(=CC=CC=CC1=[N+](CCCS(=O)(=O)O)c3cccc(C(=O)O)c3C1(C)C)C2(C)CCCS(=O)(=O)O. The van der Waals surface area contributed by atoms with Gasteiger partial charge in [-0.2, -0.15) is 29.8 Å². The molecule has 0 radical (unpaired) electrons. The van der Waals surface area contributed by atoms with Crippen LogP contribution in [0, 0.1) is 0 Å². The molecule has 0 bridgehead atoms. The van der Waals surface area contributed by atoms with Crippen LogP contribution in [-0.4, -0.2) is 102 Å². The van der Waals surface area contributed by atoms with E-state index in [4.69, 9.17) is 0 Å². The Kier molecular flexibility index (Phi) is 15.4. The first kappa shape index (κ1) is 48.3. The van der Waals surface area contributed by atoms with Crippen molar-refractivity contribution in [3.8, 4) is 0 Å². The fraction of sp³-hybridized carbons (Fsp3) is 0.476. The van der Waals surface area contributed by atoms with Crippen LogP contribution in [-0.2, 0) is 41.2 Å². The molecule has 15 nitrogen and oxygen atoms in total. The third kappa shape index (κ3) is 11.5. The Labute approximate surface area is 352 Å². The monoisotopic (exact) mass is 891 g/mol.